The molecule has 2 amide bonds. The zero-order valence-electron chi connectivity index (χ0n) is 11.7. The van der Waals surface area contributed by atoms with E-state index < -0.39 is 0 Å². The highest BCUT2D eigenvalue weighted by atomic mass is 16.2. The highest BCUT2D eigenvalue weighted by Gasteiger charge is 2.05. The first kappa shape index (κ1) is 13.9. The number of anilines is 2. The molecule has 0 atom stereocenters. The van der Waals surface area contributed by atoms with E-state index >= 15 is 0 Å². The average molecular weight is 269 g/mol. The molecule has 20 heavy (non-hydrogen) atoms. The Balaban J connectivity index is 1.94. The van der Waals surface area contributed by atoms with Crippen LogP contribution >= 0.6 is 0 Å². The number of carbonyl (C=O) groups excluding carboxylic acids is 1. The topological polar surface area (TPSA) is 67.2 Å². The summed E-state index contributed by atoms with van der Waals surface area (Å²) in [6.45, 7) is 4.46. The number of carbonyl (C=O) groups is 1. The summed E-state index contributed by atoms with van der Waals surface area (Å²) in [7, 11) is 0. The number of benzene rings is 2. The van der Waals surface area contributed by atoms with E-state index in [-0.39, 0.29) is 6.03 Å². The second kappa shape index (κ2) is 6.10. The molecule has 2 aromatic carbocycles. The number of hydrogen-bond donors (Lipinski definition) is 3. The smallest absolute Gasteiger partial charge is 0.319 e. The van der Waals surface area contributed by atoms with E-state index in [9.17, 15) is 4.79 Å². The minimum absolute atomic E-state index is 0.260. The Morgan fingerprint density at radius 3 is 2.60 bits per heavy atom. The molecule has 0 aliphatic heterocycles. The summed E-state index contributed by atoms with van der Waals surface area (Å²) >= 11 is 0. The molecule has 0 heterocycles. The first-order valence-corrected chi connectivity index (χ1v) is 6.51. The first-order valence-electron chi connectivity index (χ1n) is 6.51. The van der Waals surface area contributed by atoms with E-state index in [4.69, 9.17) is 5.73 Å². The van der Waals surface area contributed by atoms with Crippen molar-refractivity contribution in [3.8, 4) is 0 Å². The highest BCUT2D eigenvalue weighted by Crippen LogP contribution is 2.19. The van der Waals surface area contributed by atoms with E-state index in [0.29, 0.717) is 17.9 Å². The highest BCUT2D eigenvalue weighted by molar-refractivity contribution is 5.92. The summed E-state index contributed by atoms with van der Waals surface area (Å²) in [6, 6.07) is 13.3. The van der Waals surface area contributed by atoms with Gasteiger partial charge in [0.15, 0.2) is 0 Å². The molecular formula is C16H19N3O. The lowest BCUT2D eigenvalue weighted by Crippen LogP contribution is -2.28. The van der Waals surface area contributed by atoms with Gasteiger partial charge < -0.3 is 16.4 Å². The monoisotopic (exact) mass is 269 g/mol. The van der Waals surface area contributed by atoms with Crippen LogP contribution in [0.25, 0.3) is 0 Å². The van der Waals surface area contributed by atoms with Gasteiger partial charge in [-0.15, -0.1) is 0 Å². The summed E-state index contributed by atoms with van der Waals surface area (Å²) in [4.78, 5) is 11.9. The van der Waals surface area contributed by atoms with Gasteiger partial charge in [-0.05, 0) is 37.1 Å². The molecule has 2 aromatic rings. The predicted molar refractivity (Wildman–Crippen MR) is 82.6 cm³/mol. The fourth-order valence-electron chi connectivity index (χ4n) is 1.95. The van der Waals surface area contributed by atoms with Gasteiger partial charge in [-0.1, -0.05) is 35.9 Å². The van der Waals surface area contributed by atoms with Crippen LogP contribution in [0, 0.1) is 13.8 Å². The van der Waals surface area contributed by atoms with Crippen molar-refractivity contribution in [3.05, 3.63) is 59.2 Å². The van der Waals surface area contributed by atoms with E-state index in [0.717, 1.165) is 11.1 Å². The maximum Gasteiger partial charge on any atom is 0.319 e. The Morgan fingerprint density at radius 1 is 1.10 bits per heavy atom. The fourth-order valence-corrected chi connectivity index (χ4v) is 1.95. The molecule has 0 aliphatic rings. The third-order valence-electron chi connectivity index (χ3n) is 2.99. The molecule has 0 radical (unpaired) electrons. The lowest BCUT2D eigenvalue weighted by Gasteiger charge is -2.10. The van der Waals surface area contributed by atoms with Crippen LogP contribution in [0.1, 0.15) is 16.7 Å². The quantitative estimate of drug-likeness (QED) is 0.749. The lowest BCUT2D eigenvalue weighted by molar-refractivity contribution is 0.252. The summed E-state index contributed by atoms with van der Waals surface area (Å²) < 4.78 is 0. The van der Waals surface area contributed by atoms with Crippen LogP contribution in [0.5, 0.6) is 0 Å². The molecule has 4 N–H and O–H groups in total. The number of nitrogens with two attached hydrogens (primary N) is 1. The number of urea groups is 1. The van der Waals surface area contributed by atoms with Crippen LogP contribution in [-0.2, 0) is 6.54 Å². The van der Waals surface area contributed by atoms with Crippen molar-refractivity contribution in [1.82, 2.24) is 5.32 Å². The minimum Gasteiger partial charge on any atom is -0.397 e. The Hall–Kier alpha value is -2.49. The van der Waals surface area contributed by atoms with Crippen molar-refractivity contribution in [2.45, 2.75) is 20.4 Å². The molecule has 0 aromatic heterocycles. The van der Waals surface area contributed by atoms with Crippen LogP contribution in [0.3, 0.4) is 0 Å². The number of hydrogen-bond acceptors (Lipinski definition) is 2. The Kier molecular flexibility index (Phi) is 4.25. The molecule has 2 rings (SSSR count). The maximum atomic E-state index is 11.9. The molecule has 4 nitrogen and oxygen atoms in total. The first-order chi connectivity index (χ1) is 9.54. The zero-order chi connectivity index (χ0) is 14.5. The van der Waals surface area contributed by atoms with Crippen molar-refractivity contribution in [3.63, 3.8) is 0 Å². The minimum atomic E-state index is -0.260. The molecule has 0 bridgehead atoms. The predicted octanol–water partition coefficient (Wildman–Crippen LogP) is 3.21. The van der Waals surface area contributed by atoms with Gasteiger partial charge in [0.25, 0.3) is 0 Å². The van der Waals surface area contributed by atoms with Crippen molar-refractivity contribution in [2.75, 3.05) is 11.1 Å². The Labute approximate surface area is 119 Å². The molecule has 0 unspecified atom stereocenters. The third kappa shape index (κ3) is 3.75. The fraction of sp³-hybridized carbons (Fsp3) is 0.188. The van der Waals surface area contributed by atoms with Gasteiger partial charge in [0.2, 0.25) is 0 Å². The summed E-state index contributed by atoms with van der Waals surface area (Å²) in [5.74, 6) is 0. The van der Waals surface area contributed by atoms with Gasteiger partial charge in [-0.3, -0.25) is 0 Å². The van der Waals surface area contributed by atoms with Crippen LogP contribution in [0.4, 0.5) is 16.2 Å². The number of rotatable bonds is 3. The normalized spacial score (nSPS) is 10.1. The van der Waals surface area contributed by atoms with E-state index in [1.807, 2.05) is 50.2 Å². The van der Waals surface area contributed by atoms with E-state index in [1.54, 1.807) is 6.07 Å². The van der Waals surface area contributed by atoms with Gasteiger partial charge in [-0.25, -0.2) is 4.79 Å². The Morgan fingerprint density at radius 2 is 1.85 bits per heavy atom. The van der Waals surface area contributed by atoms with Crippen LogP contribution in [-0.4, -0.2) is 6.03 Å². The molecule has 104 valence electrons. The van der Waals surface area contributed by atoms with Crippen LogP contribution in [0.15, 0.2) is 42.5 Å². The second-order valence-corrected chi connectivity index (χ2v) is 4.89. The third-order valence-corrected chi connectivity index (χ3v) is 2.99. The molecule has 0 saturated heterocycles. The van der Waals surface area contributed by atoms with Gasteiger partial charge >= 0.3 is 6.03 Å². The number of amides is 2. The van der Waals surface area contributed by atoms with Crippen molar-refractivity contribution < 1.29 is 4.79 Å². The average Bonchev–Trinajstić information content (AvgIpc) is 2.41. The molecule has 4 heteroatoms. The van der Waals surface area contributed by atoms with Crippen molar-refractivity contribution in [1.29, 1.82) is 0 Å². The van der Waals surface area contributed by atoms with Gasteiger partial charge in [0.1, 0.15) is 0 Å². The molecule has 0 saturated carbocycles. The largest absolute Gasteiger partial charge is 0.397 e. The van der Waals surface area contributed by atoms with E-state index in [1.165, 1.54) is 5.56 Å². The number of nitrogens with one attached hydrogen (secondary N) is 2. The summed E-state index contributed by atoms with van der Waals surface area (Å²) in [5.41, 5.74) is 10.3. The summed E-state index contributed by atoms with van der Waals surface area (Å²) in [5, 5.41) is 5.58. The van der Waals surface area contributed by atoms with Crippen LogP contribution in [0.2, 0.25) is 0 Å². The zero-order valence-corrected chi connectivity index (χ0v) is 11.7. The van der Waals surface area contributed by atoms with Gasteiger partial charge in [0, 0.05) is 6.54 Å². The molecule has 0 fully saturated rings. The van der Waals surface area contributed by atoms with E-state index in [2.05, 4.69) is 10.6 Å². The molecule has 0 aliphatic carbocycles. The SMILES string of the molecule is Cc1cccc(CNC(=O)Nc2cc(C)ccc2N)c1. The van der Waals surface area contributed by atoms with Gasteiger partial charge in [-0.2, -0.15) is 0 Å². The van der Waals surface area contributed by atoms with Crippen LogP contribution < -0.4 is 16.4 Å². The standard InChI is InChI=1S/C16H19N3O/c1-11-4-3-5-13(8-11)10-18-16(20)19-15-9-12(2)6-7-14(15)17/h3-9H,10,17H2,1-2H3,(H2,18,19,20). The lowest BCUT2D eigenvalue weighted by atomic mass is 10.1. The molecule has 0 spiro atoms. The number of nitrogen functional groups attached to an aromatic ring is 1. The maximum absolute atomic E-state index is 11.9. The second-order valence-electron chi connectivity index (χ2n) is 4.89. The summed E-state index contributed by atoms with van der Waals surface area (Å²) in [6.07, 6.45) is 0. The molecular weight excluding hydrogens is 250 g/mol. The van der Waals surface area contributed by atoms with Gasteiger partial charge in [0.05, 0.1) is 11.4 Å². The van der Waals surface area contributed by atoms with Crippen molar-refractivity contribution in [2.24, 2.45) is 0 Å². The number of aryl methyl sites for hydroxylation is 2. The van der Waals surface area contributed by atoms with Crippen molar-refractivity contribution >= 4 is 17.4 Å². The Bertz CT molecular complexity index is 623.